The van der Waals surface area contributed by atoms with E-state index < -0.39 is 6.04 Å². The Morgan fingerprint density at radius 3 is 2.53 bits per heavy atom. The normalized spacial score (nSPS) is 13.9. The van der Waals surface area contributed by atoms with Gasteiger partial charge in [0, 0.05) is 16.1 Å². The highest BCUT2D eigenvalue weighted by molar-refractivity contribution is 6.32. The summed E-state index contributed by atoms with van der Waals surface area (Å²) in [5.41, 5.74) is 16.3. The van der Waals surface area contributed by atoms with Crippen molar-refractivity contribution in [3.63, 3.8) is 0 Å². The van der Waals surface area contributed by atoms with Gasteiger partial charge in [0.2, 0.25) is 5.96 Å². The van der Waals surface area contributed by atoms with Gasteiger partial charge < -0.3 is 26.3 Å². The number of aromatic nitrogens is 1. The van der Waals surface area contributed by atoms with Crippen LogP contribution in [-0.2, 0) is 6.61 Å². The number of benzene rings is 2. The van der Waals surface area contributed by atoms with Crippen LogP contribution in [0.3, 0.4) is 0 Å². The summed E-state index contributed by atoms with van der Waals surface area (Å²) in [7, 11) is 1.58. The van der Waals surface area contributed by atoms with Crippen molar-refractivity contribution in [1.82, 2.24) is 10.3 Å². The second-order valence-electron chi connectivity index (χ2n) is 8.13. The van der Waals surface area contributed by atoms with Crippen LogP contribution < -0.4 is 31.6 Å². The molecule has 0 saturated carbocycles. The number of anilines is 3. The third-order valence-electron chi connectivity index (χ3n) is 5.78. The van der Waals surface area contributed by atoms with Crippen LogP contribution in [0, 0.1) is 36.6 Å². The summed E-state index contributed by atoms with van der Waals surface area (Å²) >= 11 is 6.28. The fourth-order valence-electron chi connectivity index (χ4n) is 4.05. The zero-order valence-corrected chi connectivity index (χ0v) is 20.6. The molecule has 1 atom stereocenters. The van der Waals surface area contributed by atoms with Crippen LogP contribution in [0.15, 0.2) is 35.3 Å². The molecule has 2 heterocycles. The number of hydrogen-bond donors (Lipinski definition) is 4. The molecule has 3 aromatic rings. The molecule has 1 aliphatic rings. The molecule has 36 heavy (non-hydrogen) atoms. The molecular formula is C25H23ClN8O2. The molecule has 0 spiro atoms. The summed E-state index contributed by atoms with van der Waals surface area (Å²) in [5, 5.41) is 24.8. The first-order valence-electron chi connectivity index (χ1n) is 10.8. The number of halogens is 1. The maximum Gasteiger partial charge on any atom is 0.211 e. The van der Waals surface area contributed by atoms with Gasteiger partial charge in [0.15, 0.2) is 6.19 Å². The number of fused-ring (bicyclic) bond motifs is 1. The van der Waals surface area contributed by atoms with E-state index in [0.29, 0.717) is 27.9 Å². The van der Waals surface area contributed by atoms with Gasteiger partial charge in [0.05, 0.1) is 12.8 Å². The zero-order valence-electron chi connectivity index (χ0n) is 19.8. The van der Waals surface area contributed by atoms with E-state index in [1.54, 1.807) is 13.2 Å². The molecule has 4 rings (SSSR count). The van der Waals surface area contributed by atoms with Crippen molar-refractivity contribution in [1.29, 1.82) is 10.5 Å². The van der Waals surface area contributed by atoms with Gasteiger partial charge >= 0.3 is 0 Å². The summed E-state index contributed by atoms with van der Waals surface area (Å²) in [5.74, 6) is 1.76. The van der Waals surface area contributed by atoms with E-state index in [-0.39, 0.29) is 29.6 Å². The topological polar surface area (TPSA) is 167 Å². The number of ether oxygens (including phenoxy) is 2. The van der Waals surface area contributed by atoms with Crippen molar-refractivity contribution < 1.29 is 9.47 Å². The minimum Gasteiger partial charge on any atom is -0.496 e. The molecule has 11 heteroatoms. The van der Waals surface area contributed by atoms with Crippen LogP contribution in [0.25, 0.3) is 0 Å². The molecule has 1 unspecified atom stereocenters. The van der Waals surface area contributed by atoms with Gasteiger partial charge in [-0.2, -0.15) is 10.5 Å². The molecule has 0 saturated heterocycles. The van der Waals surface area contributed by atoms with Crippen molar-refractivity contribution >= 4 is 34.9 Å². The highest BCUT2D eigenvalue weighted by Gasteiger charge is 2.30. The minimum absolute atomic E-state index is 0.0180. The highest BCUT2D eigenvalue weighted by atomic mass is 35.5. The van der Waals surface area contributed by atoms with Gasteiger partial charge in [0.1, 0.15) is 47.4 Å². The molecule has 182 valence electrons. The summed E-state index contributed by atoms with van der Waals surface area (Å²) in [6, 6.07) is 10.6. The fraction of sp³-hybridized carbons (Fsp3) is 0.200. The van der Waals surface area contributed by atoms with Crippen LogP contribution in [0.4, 0.5) is 17.3 Å². The molecule has 6 N–H and O–H groups in total. The van der Waals surface area contributed by atoms with Gasteiger partial charge in [0.25, 0.3) is 0 Å². The van der Waals surface area contributed by atoms with Gasteiger partial charge in [-0.25, -0.2) is 9.98 Å². The van der Waals surface area contributed by atoms with Gasteiger partial charge in [-0.15, -0.1) is 0 Å². The van der Waals surface area contributed by atoms with E-state index in [2.05, 4.69) is 20.6 Å². The van der Waals surface area contributed by atoms with Crippen LogP contribution in [0.1, 0.15) is 39.4 Å². The maximum atomic E-state index is 9.54. The lowest BCUT2D eigenvalue weighted by Crippen LogP contribution is -2.32. The Morgan fingerprint density at radius 2 is 1.89 bits per heavy atom. The third kappa shape index (κ3) is 4.50. The first-order chi connectivity index (χ1) is 17.3. The van der Waals surface area contributed by atoms with Gasteiger partial charge in [-0.3, -0.25) is 5.32 Å². The number of nitrogens with zero attached hydrogens (tertiary/aromatic N) is 4. The summed E-state index contributed by atoms with van der Waals surface area (Å²) in [6.45, 7) is 4.05. The molecule has 10 nitrogen and oxygen atoms in total. The molecule has 0 aliphatic carbocycles. The van der Waals surface area contributed by atoms with Gasteiger partial charge in [-0.05, 0) is 54.8 Å². The number of nitrogen functional groups attached to an aromatic ring is 2. The number of hydrogen-bond acceptors (Lipinski definition) is 10. The SMILES string of the molecule is COc1ccc(C2N=C(NC#N)Nc3nc(N)c(C#N)c(N)c32)cc1COc1cc(C)c(Cl)c(C)c1. The largest absolute Gasteiger partial charge is 0.496 e. The highest BCUT2D eigenvalue weighted by Crippen LogP contribution is 2.41. The number of pyridine rings is 1. The van der Waals surface area contributed by atoms with E-state index in [4.69, 9.17) is 37.8 Å². The van der Waals surface area contributed by atoms with Crippen molar-refractivity contribution in [2.75, 3.05) is 23.9 Å². The van der Waals surface area contributed by atoms with E-state index in [0.717, 1.165) is 22.3 Å². The average molecular weight is 503 g/mol. The lowest BCUT2D eigenvalue weighted by molar-refractivity contribution is 0.296. The Hall–Kier alpha value is -4.67. The number of guanidine groups is 1. The maximum absolute atomic E-state index is 9.54. The Bertz CT molecular complexity index is 1450. The standard InChI is InChI=1S/C25H23ClN8O2/c1-12-6-16(7-13(2)20(12)26)36-10-15-8-14(4-5-18(15)35-3)22-19-21(29)17(9-27)23(30)33-24(19)34-25(32-22)31-11-28/h4-8,22H,10H2,1-3H3,(H6,29,30,31,32,33,34). The Kier molecular flexibility index (Phi) is 6.73. The number of aliphatic imine (C=N–C) groups is 1. The molecule has 2 aromatic carbocycles. The predicted molar refractivity (Wildman–Crippen MR) is 138 cm³/mol. The first kappa shape index (κ1) is 24.5. The second kappa shape index (κ2) is 9.90. The predicted octanol–water partition coefficient (Wildman–Crippen LogP) is 3.92. The number of methoxy groups -OCH3 is 1. The lowest BCUT2D eigenvalue weighted by atomic mass is 9.94. The second-order valence-corrected chi connectivity index (χ2v) is 8.51. The zero-order chi connectivity index (χ0) is 26.0. The molecule has 0 fully saturated rings. The lowest BCUT2D eigenvalue weighted by Gasteiger charge is -2.26. The Morgan fingerprint density at radius 1 is 1.17 bits per heavy atom. The van der Waals surface area contributed by atoms with Crippen LogP contribution >= 0.6 is 11.6 Å². The molecule has 0 bridgehead atoms. The van der Waals surface area contributed by atoms with Crippen LogP contribution in [0.5, 0.6) is 11.5 Å². The Labute approximate surface area is 213 Å². The summed E-state index contributed by atoms with van der Waals surface area (Å²) < 4.78 is 11.6. The third-order valence-corrected chi connectivity index (χ3v) is 6.38. The van der Waals surface area contributed by atoms with E-state index >= 15 is 0 Å². The molecule has 1 aliphatic heterocycles. The number of aryl methyl sites for hydroxylation is 2. The molecule has 1 aromatic heterocycles. The number of nitrogens with one attached hydrogen (secondary N) is 2. The summed E-state index contributed by atoms with van der Waals surface area (Å²) in [4.78, 5) is 8.89. The summed E-state index contributed by atoms with van der Waals surface area (Å²) in [6.07, 6.45) is 1.84. The van der Waals surface area contributed by atoms with Crippen molar-refractivity contribution in [3.8, 4) is 23.8 Å². The van der Waals surface area contributed by atoms with Gasteiger partial charge in [-0.1, -0.05) is 17.7 Å². The van der Waals surface area contributed by atoms with Crippen LogP contribution in [-0.4, -0.2) is 18.1 Å². The van der Waals surface area contributed by atoms with Crippen molar-refractivity contribution in [3.05, 3.63) is 68.7 Å². The van der Waals surface area contributed by atoms with Crippen LogP contribution in [0.2, 0.25) is 5.02 Å². The average Bonchev–Trinajstić information content (AvgIpc) is 2.85. The monoisotopic (exact) mass is 502 g/mol. The smallest absolute Gasteiger partial charge is 0.211 e. The Balaban J connectivity index is 1.77. The molecular weight excluding hydrogens is 480 g/mol. The quantitative estimate of drug-likeness (QED) is 0.298. The molecule has 0 amide bonds. The molecule has 0 radical (unpaired) electrons. The van der Waals surface area contributed by atoms with E-state index in [1.807, 2.05) is 50.4 Å². The first-order valence-corrected chi connectivity index (χ1v) is 11.2. The fourth-order valence-corrected chi connectivity index (χ4v) is 4.16. The van der Waals surface area contributed by atoms with E-state index in [9.17, 15) is 5.26 Å². The number of nitrogens with two attached hydrogens (primary N) is 2. The minimum atomic E-state index is -0.679. The number of nitriles is 2. The van der Waals surface area contributed by atoms with Crippen molar-refractivity contribution in [2.24, 2.45) is 4.99 Å². The van der Waals surface area contributed by atoms with E-state index in [1.165, 1.54) is 0 Å². The number of rotatable bonds is 5. The van der Waals surface area contributed by atoms with Crippen molar-refractivity contribution in [2.45, 2.75) is 26.5 Å².